The molecule has 0 aromatic heterocycles. The van der Waals surface area contributed by atoms with Crippen molar-refractivity contribution in [3.05, 3.63) is 34.3 Å². The largest absolute Gasteiger partial charge is 0.390 e. The molecule has 25 heavy (non-hydrogen) atoms. The minimum Gasteiger partial charge on any atom is -0.390 e. The molecule has 0 aliphatic heterocycles. The summed E-state index contributed by atoms with van der Waals surface area (Å²) in [5.41, 5.74) is 0.585. The van der Waals surface area contributed by atoms with Gasteiger partial charge in [-0.2, -0.15) is 5.26 Å². The second-order valence-electron chi connectivity index (χ2n) is 6.39. The van der Waals surface area contributed by atoms with Crippen molar-refractivity contribution < 1.29 is 5.11 Å². The molecule has 2 unspecified atom stereocenters. The zero-order valence-corrected chi connectivity index (χ0v) is 18.3. The van der Waals surface area contributed by atoms with Crippen molar-refractivity contribution in [3.63, 3.8) is 0 Å². The highest BCUT2D eigenvalue weighted by atomic mass is 35.5. The Morgan fingerprint density at radius 1 is 1.16 bits per heavy atom. The van der Waals surface area contributed by atoms with E-state index in [4.69, 9.17) is 11.6 Å². The van der Waals surface area contributed by atoms with E-state index in [9.17, 15) is 10.4 Å². The molecule has 1 fully saturated rings. The van der Waals surface area contributed by atoms with E-state index in [-0.39, 0.29) is 0 Å². The molecule has 2 nitrogen and oxygen atoms in total. The summed E-state index contributed by atoms with van der Waals surface area (Å²) < 4.78 is 0. The fraction of sp³-hybridized carbons (Fsp3) is 0.682. The monoisotopic (exact) mass is 367 g/mol. The van der Waals surface area contributed by atoms with Crippen molar-refractivity contribution in [2.45, 2.75) is 98.5 Å². The topological polar surface area (TPSA) is 44.0 Å². The minimum absolute atomic E-state index is 0.482. The van der Waals surface area contributed by atoms with Crippen LogP contribution in [0.2, 0.25) is 5.02 Å². The van der Waals surface area contributed by atoms with Crippen LogP contribution in [0.5, 0.6) is 0 Å². The number of halogens is 1. The van der Waals surface area contributed by atoms with Gasteiger partial charge in [-0.1, -0.05) is 71.7 Å². The van der Waals surface area contributed by atoms with Crippen molar-refractivity contribution in [2.24, 2.45) is 0 Å². The summed E-state index contributed by atoms with van der Waals surface area (Å²) in [6.07, 6.45) is 4.15. The molecule has 0 radical (unpaired) electrons. The molecule has 0 amide bonds. The van der Waals surface area contributed by atoms with Crippen LogP contribution >= 0.6 is 11.6 Å². The highest BCUT2D eigenvalue weighted by molar-refractivity contribution is 6.31. The van der Waals surface area contributed by atoms with Crippen LogP contribution in [0.3, 0.4) is 0 Å². The first-order chi connectivity index (χ1) is 11.8. The molecule has 2 rings (SSSR count). The Kier molecular flexibility index (Phi) is 13.8. The fourth-order valence-corrected chi connectivity index (χ4v) is 3.08. The van der Waals surface area contributed by atoms with E-state index in [1.165, 1.54) is 6.42 Å². The van der Waals surface area contributed by atoms with Gasteiger partial charge in [0.15, 0.2) is 0 Å². The van der Waals surface area contributed by atoms with E-state index in [2.05, 4.69) is 19.9 Å². The van der Waals surface area contributed by atoms with E-state index in [0.717, 1.165) is 30.4 Å². The number of benzene rings is 1. The maximum atomic E-state index is 10.2. The molecular formula is C22H38ClNO. The second kappa shape index (κ2) is 13.2. The summed E-state index contributed by atoms with van der Waals surface area (Å²) >= 11 is 6.15. The molecule has 1 N–H and O–H groups in total. The lowest BCUT2D eigenvalue weighted by Gasteiger charge is -2.40. The molecule has 1 aromatic carbocycles. The van der Waals surface area contributed by atoms with Gasteiger partial charge in [0.1, 0.15) is 0 Å². The molecule has 3 heteroatoms. The molecule has 1 aliphatic carbocycles. The lowest BCUT2D eigenvalue weighted by molar-refractivity contribution is 0.00182. The minimum atomic E-state index is -0.759. The molecule has 0 heterocycles. The first-order valence-electron chi connectivity index (χ1n) is 9.70. The standard InChI is InChI=1S/C15H18ClNO.C3H8.2C2H6/c1-11-4-5-12(8-13(11)16)15(10-17)7-3-6-14(2,18)9-15;1-3-2;2*1-2/h4-5,8,18H,3,6-7,9H2,1-2H3;3H2,1-2H3;2*1-2H3. The van der Waals surface area contributed by atoms with Gasteiger partial charge in [0.2, 0.25) is 0 Å². The van der Waals surface area contributed by atoms with Crippen molar-refractivity contribution >= 4 is 11.6 Å². The molecule has 1 aromatic rings. The summed E-state index contributed by atoms with van der Waals surface area (Å²) in [4.78, 5) is 0. The Bertz CT molecular complexity index is 519. The van der Waals surface area contributed by atoms with E-state index in [1.54, 1.807) is 0 Å². The van der Waals surface area contributed by atoms with Crippen molar-refractivity contribution in [1.82, 2.24) is 0 Å². The van der Waals surface area contributed by atoms with Gasteiger partial charge in [0.25, 0.3) is 0 Å². The van der Waals surface area contributed by atoms with Gasteiger partial charge >= 0.3 is 0 Å². The average molecular weight is 368 g/mol. The molecular weight excluding hydrogens is 330 g/mol. The Morgan fingerprint density at radius 2 is 1.68 bits per heavy atom. The van der Waals surface area contributed by atoms with Crippen LogP contribution in [-0.2, 0) is 5.41 Å². The van der Waals surface area contributed by atoms with Crippen molar-refractivity contribution in [3.8, 4) is 6.07 Å². The van der Waals surface area contributed by atoms with Crippen LogP contribution in [0.15, 0.2) is 18.2 Å². The first-order valence-corrected chi connectivity index (χ1v) is 10.1. The average Bonchev–Trinajstić information content (AvgIpc) is 2.60. The molecule has 1 aliphatic rings. The zero-order chi connectivity index (χ0) is 20.1. The molecule has 0 bridgehead atoms. The normalized spacial score (nSPS) is 24.2. The highest BCUT2D eigenvalue weighted by Crippen LogP contribution is 2.44. The Morgan fingerprint density at radius 3 is 2.08 bits per heavy atom. The number of hydrogen-bond acceptors (Lipinski definition) is 2. The third-order valence-electron chi connectivity index (χ3n) is 3.94. The Labute approximate surface area is 161 Å². The summed E-state index contributed by atoms with van der Waals surface area (Å²) in [6, 6.07) is 8.20. The van der Waals surface area contributed by atoms with Crippen LogP contribution in [0.4, 0.5) is 0 Å². The molecule has 1 saturated carbocycles. The quantitative estimate of drug-likeness (QED) is 0.570. The molecule has 0 spiro atoms. The number of rotatable bonds is 1. The third kappa shape index (κ3) is 8.25. The number of hydrogen-bond donors (Lipinski definition) is 1. The lowest BCUT2D eigenvalue weighted by Crippen LogP contribution is -2.41. The van der Waals surface area contributed by atoms with E-state index >= 15 is 0 Å². The summed E-state index contributed by atoms with van der Waals surface area (Å²) in [6.45, 7) is 16.0. The fourth-order valence-electron chi connectivity index (χ4n) is 2.89. The van der Waals surface area contributed by atoms with Crippen LogP contribution in [0, 0.1) is 18.3 Å². The van der Waals surface area contributed by atoms with Crippen LogP contribution < -0.4 is 0 Å². The Balaban J connectivity index is 0. The molecule has 0 saturated heterocycles. The van der Waals surface area contributed by atoms with Gasteiger partial charge < -0.3 is 5.11 Å². The van der Waals surface area contributed by atoms with Gasteiger partial charge in [0.05, 0.1) is 17.1 Å². The Hall–Kier alpha value is -1.04. The zero-order valence-electron chi connectivity index (χ0n) is 17.5. The van der Waals surface area contributed by atoms with Crippen molar-refractivity contribution in [1.29, 1.82) is 5.26 Å². The van der Waals surface area contributed by atoms with E-state index < -0.39 is 11.0 Å². The summed E-state index contributed by atoms with van der Waals surface area (Å²) in [7, 11) is 0. The number of nitriles is 1. The number of aryl methyl sites for hydroxylation is 1. The summed E-state index contributed by atoms with van der Waals surface area (Å²) in [5.74, 6) is 0. The van der Waals surface area contributed by atoms with E-state index in [0.29, 0.717) is 11.4 Å². The maximum Gasteiger partial charge on any atom is 0.0850 e. The molecule has 144 valence electrons. The summed E-state index contributed by atoms with van der Waals surface area (Å²) in [5, 5.41) is 20.5. The predicted octanol–water partition coefficient (Wildman–Crippen LogP) is 7.20. The first kappa shape index (κ1) is 26.2. The SMILES string of the molecule is CC.CC.CCC.Cc1ccc(C2(C#N)CCCC(C)(O)C2)cc1Cl. The maximum absolute atomic E-state index is 10.2. The number of nitrogens with zero attached hydrogens (tertiary/aromatic N) is 1. The highest BCUT2D eigenvalue weighted by Gasteiger charge is 2.43. The van der Waals surface area contributed by atoms with Gasteiger partial charge in [-0.05, 0) is 56.7 Å². The predicted molar refractivity (Wildman–Crippen MR) is 111 cm³/mol. The van der Waals surface area contributed by atoms with Crippen LogP contribution in [-0.4, -0.2) is 10.7 Å². The van der Waals surface area contributed by atoms with Gasteiger partial charge in [-0.15, -0.1) is 0 Å². The third-order valence-corrected chi connectivity index (χ3v) is 4.35. The number of aliphatic hydroxyl groups is 1. The smallest absolute Gasteiger partial charge is 0.0850 e. The van der Waals surface area contributed by atoms with Crippen molar-refractivity contribution in [2.75, 3.05) is 0 Å². The van der Waals surface area contributed by atoms with Crippen LogP contribution in [0.1, 0.15) is 91.7 Å². The van der Waals surface area contributed by atoms with Crippen LogP contribution in [0.25, 0.3) is 0 Å². The van der Waals surface area contributed by atoms with Gasteiger partial charge in [0, 0.05) is 5.02 Å². The molecule has 2 atom stereocenters. The van der Waals surface area contributed by atoms with Gasteiger partial charge in [-0.3, -0.25) is 0 Å². The van der Waals surface area contributed by atoms with Gasteiger partial charge in [-0.25, -0.2) is 0 Å². The van der Waals surface area contributed by atoms with E-state index in [1.807, 2.05) is 59.7 Å². The second-order valence-corrected chi connectivity index (χ2v) is 6.80. The lowest BCUT2D eigenvalue weighted by atomic mass is 9.65.